The topological polar surface area (TPSA) is 0 Å². The molecule has 0 bridgehead atoms. The van der Waals surface area contributed by atoms with Crippen molar-refractivity contribution in [3.63, 3.8) is 0 Å². The lowest BCUT2D eigenvalue weighted by molar-refractivity contribution is 0.508. The van der Waals surface area contributed by atoms with E-state index >= 15 is 0 Å². The molecule has 0 amide bonds. The fourth-order valence-corrected chi connectivity index (χ4v) is 3.20. The molecule has 1 unspecified atom stereocenters. The van der Waals surface area contributed by atoms with Crippen LogP contribution in [-0.4, -0.2) is 4.43 Å². The molecule has 0 saturated heterocycles. The molecule has 0 aromatic rings. The Morgan fingerprint density at radius 3 is 1.30 bits per heavy atom. The van der Waals surface area contributed by atoms with Gasteiger partial charge in [-0.25, -0.2) is 0 Å². The summed E-state index contributed by atoms with van der Waals surface area (Å²) >= 11 is 2.51. The van der Waals surface area contributed by atoms with Crippen molar-refractivity contribution in [1.82, 2.24) is 0 Å². The minimum atomic E-state index is 0.938. The summed E-state index contributed by atoms with van der Waals surface area (Å²) in [5, 5.41) is 0. The monoisotopic (exact) mass is 394 g/mol. The first-order chi connectivity index (χ1) is 9.81. The van der Waals surface area contributed by atoms with E-state index in [2.05, 4.69) is 36.4 Å². The lowest BCUT2D eigenvalue weighted by Gasteiger charge is -2.06. The van der Waals surface area contributed by atoms with Gasteiger partial charge in [0.05, 0.1) is 0 Å². The van der Waals surface area contributed by atoms with Gasteiger partial charge in [-0.15, -0.1) is 0 Å². The van der Waals surface area contributed by atoms with Crippen molar-refractivity contribution in [2.75, 3.05) is 4.43 Å². The van der Waals surface area contributed by atoms with Crippen LogP contribution in [0.2, 0.25) is 0 Å². The Morgan fingerprint density at radius 2 is 0.950 bits per heavy atom. The second-order valence-electron chi connectivity index (χ2n) is 6.64. The second-order valence-corrected chi connectivity index (χ2v) is 7.53. The van der Waals surface area contributed by atoms with Crippen LogP contribution in [0, 0.1) is 5.92 Å². The summed E-state index contributed by atoms with van der Waals surface area (Å²) in [6, 6.07) is 0. The lowest BCUT2D eigenvalue weighted by Crippen LogP contribution is -1.94. The molecule has 0 nitrogen and oxygen atoms in total. The van der Waals surface area contributed by atoms with Gasteiger partial charge in [-0.3, -0.25) is 0 Å². The van der Waals surface area contributed by atoms with Crippen LogP contribution in [0.5, 0.6) is 0 Å². The molecule has 0 rings (SSSR count). The molecule has 0 spiro atoms. The largest absolute Gasteiger partial charge is 0.0861 e. The molecule has 0 aliphatic heterocycles. The molecule has 0 radical (unpaired) electrons. The molecule has 0 N–H and O–H groups in total. The quantitative estimate of drug-likeness (QED) is 0.142. The molecule has 122 valence electrons. The second kappa shape index (κ2) is 17.8. The number of unbranched alkanes of at least 4 members (excludes halogenated alkanes) is 13. The van der Waals surface area contributed by atoms with Crippen LogP contribution in [-0.2, 0) is 0 Å². The zero-order chi connectivity index (χ0) is 14.9. The van der Waals surface area contributed by atoms with E-state index in [9.17, 15) is 0 Å². The Hall–Kier alpha value is 0.730. The van der Waals surface area contributed by atoms with Crippen molar-refractivity contribution in [2.24, 2.45) is 5.92 Å². The Bertz CT molecular complexity index is 167. The highest BCUT2D eigenvalue weighted by Gasteiger charge is 1.99. The van der Waals surface area contributed by atoms with E-state index in [-0.39, 0.29) is 0 Å². The number of rotatable bonds is 16. The van der Waals surface area contributed by atoms with Crippen LogP contribution in [0.4, 0.5) is 0 Å². The lowest BCUT2D eigenvalue weighted by atomic mass is 10.0. The highest BCUT2D eigenvalue weighted by atomic mass is 127. The fraction of sp³-hybridized carbons (Fsp3) is 1.00. The molecule has 0 aliphatic rings. The van der Waals surface area contributed by atoms with E-state index in [0.29, 0.717) is 0 Å². The minimum Gasteiger partial charge on any atom is -0.0861 e. The summed E-state index contributed by atoms with van der Waals surface area (Å²) < 4.78 is 1.33. The van der Waals surface area contributed by atoms with E-state index in [1.807, 2.05) is 0 Å². The first kappa shape index (κ1) is 20.7. The SMILES string of the molecule is CCCCCCCCCCCCCCCCC(C)CI. The maximum Gasteiger partial charge on any atom is 0.00210 e. The molecular formula is C19H39I. The smallest absolute Gasteiger partial charge is 0.00210 e. The third kappa shape index (κ3) is 16.8. The summed E-state index contributed by atoms with van der Waals surface area (Å²) in [6.07, 6.45) is 22.0. The summed E-state index contributed by atoms with van der Waals surface area (Å²) in [5.41, 5.74) is 0. The van der Waals surface area contributed by atoms with Gasteiger partial charge in [-0.05, 0) is 12.3 Å². The van der Waals surface area contributed by atoms with Crippen molar-refractivity contribution in [3.05, 3.63) is 0 Å². The van der Waals surface area contributed by atoms with Gasteiger partial charge in [0, 0.05) is 4.43 Å². The zero-order valence-electron chi connectivity index (χ0n) is 14.3. The first-order valence-electron chi connectivity index (χ1n) is 9.37. The van der Waals surface area contributed by atoms with Gasteiger partial charge in [0.15, 0.2) is 0 Å². The van der Waals surface area contributed by atoms with Crippen LogP contribution in [0.25, 0.3) is 0 Å². The van der Waals surface area contributed by atoms with Gasteiger partial charge in [0.2, 0.25) is 0 Å². The highest BCUT2D eigenvalue weighted by molar-refractivity contribution is 14.1. The number of hydrogen-bond donors (Lipinski definition) is 0. The normalized spacial score (nSPS) is 12.8. The van der Waals surface area contributed by atoms with Crippen molar-refractivity contribution in [2.45, 2.75) is 110 Å². The van der Waals surface area contributed by atoms with E-state index in [4.69, 9.17) is 0 Å². The van der Waals surface area contributed by atoms with Crippen molar-refractivity contribution >= 4 is 22.6 Å². The van der Waals surface area contributed by atoms with Crippen LogP contribution < -0.4 is 0 Å². The molecule has 0 aromatic heterocycles. The molecule has 0 saturated carbocycles. The summed E-state index contributed by atoms with van der Waals surface area (Å²) in [5.74, 6) is 0.938. The maximum atomic E-state index is 2.51. The molecule has 20 heavy (non-hydrogen) atoms. The van der Waals surface area contributed by atoms with Gasteiger partial charge in [0.1, 0.15) is 0 Å². The molecule has 0 fully saturated rings. The predicted octanol–water partition coefficient (Wildman–Crippen LogP) is 7.93. The number of hydrogen-bond acceptors (Lipinski definition) is 0. The molecule has 1 atom stereocenters. The Balaban J connectivity index is 2.96. The Labute approximate surface area is 143 Å². The molecule has 0 aliphatic carbocycles. The van der Waals surface area contributed by atoms with Crippen molar-refractivity contribution in [3.8, 4) is 0 Å². The fourth-order valence-electron chi connectivity index (χ4n) is 2.76. The van der Waals surface area contributed by atoms with Crippen LogP contribution in [0.3, 0.4) is 0 Å². The van der Waals surface area contributed by atoms with E-state index < -0.39 is 0 Å². The van der Waals surface area contributed by atoms with Gasteiger partial charge >= 0.3 is 0 Å². The predicted molar refractivity (Wildman–Crippen MR) is 103 cm³/mol. The van der Waals surface area contributed by atoms with Crippen molar-refractivity contribution < 1.29 is 0 Å². The summed E-state index contributed by atoms with van der Waals surface area (Å²) in [6.45, 7) is 4.68. The van der Waals surface area contributed by atoms with E-state index in [0.717, 1.165) is 5.92 Å². The van der Waals surface area contributed by atoms with Crippen LogP contribution >= 0.6 is 22.6 Å². The van der Waals surface area contributed by atoms with E-state index in [1.165, 1.54) is 101 Å². The van der Waals surface area contributed by atoms with Gasteiger partial charge in [0.25, 0.3) is 0 Å². The molecule has 1 heteroatoms. The average Bonchev–Trinajstić information content (AvgIpc) is 2.47. The summed E-state index contributed by atoms with van der Waals surface area (Å²) in [4.78, 5) is 0. The average molecular weight is 394 g/mol. The standard InChI is InChI=1S/C19H39I/c1-3-4-5-6-7-8-9-10-11-12-13-14-15-16-17-19(2)18-20/h19H,3-18H2,1-2H3. The third-order valence-corrected chi connectivity index (χ3v) is 5.82. The Morgan fingerprint density at radius 1 is 0.600 bits per heavy atom. The number of halogens is 1. The maximum absolute atomic E-state index is 2.51. The molecule has 0 aromatic carbocycles. The van der Waals surface area contributed by atoms with Gasteiger partial charge in [-0.2, -0.15) is 0 Å². The summed E-state index contributed by atoms with van der Waals surface area (Å²) in [7, 11) is 0. The minimum absolute atomic E-state index is 0.938. The molecule has 0 heterocycles. The zero-order valence-corrected chi connectivity index (χ0v) is 16.4. The first-order valence-corrected chi connectivity index (χ1v) is 10.9. The van der Waals surface area contributed by atoms with Gasteiger partial charge in [-0.1, -0.05) is 126 Å². The molecular weight excluding hydrogens is 355 g/mol. The highest BCUT2D eigenvalue weighted by Crippen LogP contribution is 2.15. The van der Waals surface area contributed by atoms with Crippen LogP contribution in [0.1, 0.15) is 110 Å². The number of alkyl halides is 1. The third-order valence-electron chi connectivity index (χ3n) is 4.31. The van der Waals surface area contributed by atoms with E-state index in [1.54, 1.807) is 0 Å². The van der Waals surface area contributed by atoms with Crippen LogP contribution in [0.15, 0.2) is 0 Å². The van der Waals surface area contributed by atoms with Gasteiger partial charge < -0.3 is 0 Å². The Kier molecular flexibility index (Phi) is 18.4. The van der Waals surface area contributed by atoms with Crippen molar-refractivity contribution in [1.29, 1.82) is 0 Å².